The van der Waals surface area contributed by atoms with E-state index < -0.39 is 9.84 Å². The first-order valence-corrected chi connectivity index (χ1v) is 14.8. The smallest absolute Gasteiger partial charge is 0.178 e. The molecule has 0 bridgehead atoms. The number of rotatable bonds is 4. The number of sulfone groups is 1. The third kappa shape index (κ3) is 3.59. The van der Waals surface area contributed by atoms with Crippen molar-refractivity contribution < 1.29 is 13.5 Å². The standard InChI is InChI=1S/C28H42O3S/c1-19(18-32(30,31)22-7-5-4-6-8-22)24-11-12-25-23-10-9-20-17-21(29)13-15-27(20,2)26(23)14-16-28(24,25)3/h4-8,19-21,23-26,29H,9-18H2,1-3H3/t19-,20+,21+,23+,24-,25+,26+,27+,28-/m1/s1. The molecule has 0 amide bonds. The van der Waals surface area contributed by atoms with Crippen molar-refractivity contribution in [2.75, 3.05) is 5.75 Å². The Kier molecular flexibility index (Phi) is 5.81. The minimum Gasteiger partial charge on any atom is -0.393 e. The van der Waals surface area contributed by atoms with Crippen LogP contribution in [0.4, 0.5) is 0 Å². The molecule has 3 nitrogen and oxygen atoms in total. The summed E-state index contributed by atoms with van der Waals surface area (Å²) in [6, 6.07) is 9.02. The normalized spacial score (nSPS) is 44.9. The van der Waals surface area contributed by atoms with Gasteiger partial charge in [0.2, 0.25) is 0 Å². The van der Waals surface area contributed by atoms with E-state index in [0.717, 1.165) is 30.6 Å². The number of aliphatic hydroxyl groups excluding tert-OH is 1. The van der Waals surface area contributed by atoms with Gasteiger partial charge in [-0.15, -0.1) is 0 Å². The van der Waals surface area contributed by atoms with E-state index in [2.05, 4.69) is 20.8 Å². The summed E-state index contributed by atoms with van der Waals surface area (Å²) < 4.78 is 26.2. The molecule has 5 rings (SSSR count). The van der Waals surface area contributed by atoms with Crippen LogP contribution in [-0.2, 0) is 9.84 Å². The summed E-state index contributed by atoms with van der Waals surface area (Å²) in [5, 5.41) is 10.3. The molecule has 9 atom stereocenters. The average Bonchev–Trinajstić information content (AvgIpc) is 3.12. The first-order chi connectivity index (χ1) is 15.1. The molecule has 1 N–H and O–H groups in total. The van der Waals surface area contributed by atoms with Gasteiger partial charge in [-0.1, -0.05) is 39.0 Å². The summed E-state index contributed by atoms with van der Waals surface area (Å²) in [6.07, 6.45) is 10.7. The molecule has 4 aliphatic carbocycles. The second-order valence-corrected chi connectivity index (χ2v) is 14.4. The van der Waals surface area contributed by atoms with Crippen molar-refractivity contribution in [3.8, 4) is 0 Å². The molecule has 0 saturated heterocycles. The fourth-order valence-electron chi connectivity index (χ4n) is 9.40. The Morgan fingerprint density at radius 2 is 1.62 bits per heavy atom. The maximum atomic E-state index is 13.1. The quantitative estimate of drug-likeness (QED) is 0.592. The van der Waals surface area contributed by atoms with Gasteiger partial charge in [0.25, 0.3) is 0 Å². The lowest BCUT2D eigenvalue weighted by atomic mass is 9.44. The third-order valence-electron chi connectivity index (χ3n) is 11.0. The van der Waals surface area contributed by atoms with Crippen molar-refractivity contribution in [3.63, 3.8) is 0 Å². The molecular formula is C28H42O3S. The van der Waals surface area contributed by atoms with E-state index in [-0.39, 0.29) is 23.2 Å². The Morgan fingerprint density at radius 3 is 2.38 bits per heavy atom. The second-order valence-electron chi connectivity index (χ2n) is 12.4. The van der Waals surface area contributed by atoms with Crippen LogP contribution in [0.2, 0.25) is 0 Å². The molecule has 0 radical (unpaired) electrons. The summed E-state index contributed by atoms with van der Waals surface area (Å²) in [5.74, 6) is 4.02. The van der Waals surface area contributed by atoms with E-state index in [0.29, 0.717) is 22.1 Å². The zero-order valence-corrected chi connectivity index (χ0v) is 21.0. The van der Waals surface area contributed by atoms with Crippen LogP contribution in [0.25, 0.3) is 0 Å². The van der Waals surface area contributed by atoms with Gasteiger partial charge < -0.3 is 5.11 Å². The van der Waals surface area contributed by atoms with Gasteiger partial charge in [0.05, 0.1) is 16.8 Å². The predicted octanol–water partition coefficient (Wildman–Crippen LogP) is 6.12. The summed E-state index contributed by atoms with van der Waals surface area (Å²) in [4.78, 5) is 0.473. The minimum absolute atomic E-state index is 0.0817. The van der Waals surface area contributed by atoms with Crippen molar-refractivity contribution in [1.29, 1.82) is 0 Å². The first-order valence-electron chi connectivity index (χ1n) is 13.1. The maximum Gasteiger partial charge on any atom is 0.178 e. The van der Waals surface area contributed by atoms with Crippen LogP contribution in [0.1, 0.15) is 78.6 Å². The molecule has 4 fully saturated rings. The van der Waals surface area contributed by atoms with Crippen LogP contribution < -0.4 is 0 Å². The van der Waals surface area contributed by atoms with Gasteiger partial charge in [-0.2, -0.15) is 0 Å². The van der Waals surface area contributed by atoms with Gasteiger partial charge in [-0.25, -0.2) is 8.42 Å². The zero-order valence-electron chi connectivity index (χ0n) is 20.2. The monoisotopic (exact) mass is 458 g/mol. The summed E-state index contributed by atoms with van der Waals surface area (Å²) >= 11 is 0. The summed E-state index contributed by atoms with van der Waals surface area (Å²) in [5.41, 5.74) is 0.688. The number of hydrogen-bond acceptors (Lipinski definition) is 3. The highest BCUT2D eigenvalue weighted by Gasteiger charge is 2.60. The molecule has 32 heavy (non-hydrogen) atoms. The summed E-state index contributed by atoms with van der Waals surface area (Å²) in [6.45, 7) is 7.26. The lowest BCUT2D eigenvalue weighted by Gasteiger charge is -2.61. The fraction of sp³-hybridized carbons (Fsp3) is 0.786. The summed E-state index contributed by atoms with van der Waals surface area (Å²) in [7, 11) is -3.24. The van der Waals surface area contributed by atoms with E-state index in [1.807, 2.05) is 18.2 Å². The SMILES string of the molecule is C[C@H](CS(=O)(=O)c1ccccc1)[C@H]1CC[C@H]2[C@@H]3CC[C@H]4C[C@@H](O)CC[C@]4(C)[C@H]3CC[C@]12C. The highest BCUT2D eigenvalue weighted by molar-refractivity contribution is 7.91. The zero-order chi connectivity index (χ0) is 22.7. The molecule has 1 aromatic rings. The van der Waals surface area contributed by atoms with E-state index in [9.17, 15) is 13.5 Å². The molecule has 0 heterocycles. The van der Waals surface area contributed by atoms with Crippen molar-refractivity contribution in [3.05, 3.63) is 30.3 Å². The molecule has 178 valence electrons. The van der Waals surface area contributed by atoms with Crippen molar-refractivity contribution in [1.82, 2.24) is 0 Å². The predicted molar refractivity (Wildman–Crippen MR) is 129 cm³/mol. The van der Waals surface area contributed by atoms with Gasteiger partial charge in [-0.05, 0) is 116 Å². The van der Waals surface area contributed by atoms with Crippen LogP contribution in [0, 0.1) is 46.3 Å². The first kappa shape index (κ1) is 22.9. The molecule has 4 aliphatic rings. The van der Waals surface area contributed by atoms with Crippen molar-refractivity contribution in [2.45, 2.75) is 89.6 Å². The largest absolute Gasteiger partial charge is 0.393 e. The van der Waals surface area contributed by atoms with Gasteiger partial charge in [-0.3, -0.25) is 0 Å². The molecule has 1 aromatic carbocycles. The van der Waals surface area contributed by atoms with Crippen LogP contribution >= 0.6 is 0 Å². The Balaban J connectivity index is 1.34. The molecule has 4 heteroatoms. The number of fused-ring (bicyclic) bond motifs is 5. The van der Waals surface area contributed by atoms with E-state index >= 15 is 0 Å². The molecular weight excluding hydrogens is 416 g/mol. The topological polar surface area (TPSA) is 54.4 Å². The molecule has 0 unspecified atom stereocenters. The average molecular weight is 459 g/mol. The fourth-order valence-corrected chi connectivity index (χ4v) is 11.1. The van der Waals surface area contributed by atoms with Gasteiger partial charge >= 0.3 is 0 Å². The van der Waals surface area contributed by atoms with Crippen LogP contribution in [0.3, 0.4) is 0 Å². The Labute approximate surface area is 195 Å². The number of hydrogen-bond donors (Lipinski definition) is 1. The molecule has 0 aliphatic heterocycles. The van der Waals surface area contributed by atoms with Crippen molar-refractivity contribution >= 4 is 9.84 Å². The third-order valence-corrected chi connectivity index (χ3v) is 12.9. The van der Waals surface area contributed by atoms with E-state index in [4.69, 9.17) is 0 Å². The second kappa shape index (κ2) is 8.12. The Morgan fingerprint density at radius 1 is 0.938 bits per heavy atom. The number of benzene rings is 1. The van der Waals surface area contributed by atoms with Crippen LogP contribution in [-0.4, -0.2) is 25.4 Å². The van der Waals surface area contributed by atoms with Gasteiger partial charge in [0.15, 0.2) is 9.84 Å². The van der Waals surface area contributed by atoms with Crippen LogP contribution in [0.5, 0.6) is 0 Å². The number of aliphatic hydroxyl groups is 1. The maximum absolute atomic E-state index is 13.1. The lowest BCUT2D eigenvalue weighted by molar-refractivity contribution is -0.128. The van der Waals surface area contributed by atoms with E-state index in [1.54, 1.807) is 12.1 Å². The van der Waals surface area contributed by atoms with Gasteiger partial charge in [0, 0.05) is 0 Å². The van der Waals surface area contributed by atoms with Crippen LogP contribution in [0.15, 0.2) is 35.2 Å². The molecule has 4 saturated carbocycles. The highest BCUT2D eigenvalue weighted by Crippen LogP contribution is 2.68. The highest BCUT2D eigenvalue weighted by atomic mass is 32.2. The van der Waals surface area contributed by atoms with E-state index in [1.165, 1.54) is 44.9 Å². The van der Waals surface area contributed by atoms with Gasteiger partial charge in [0.1, 0.15) is 0 Å². The minimum atomic E-state index is -3.24. The molecule has 0 aromatic heterocycles. The lowest BCUT2D eigenvalue weighted by Crippen LogP contribution is -2.54. The van der Waals surface area contributed by atoms with Crippen molar-refractivity contribution in [2.24, 2.45) is 46.3 Å². The Hall–Kier alpha value is -0.870. The Bertz CT molecular complexity index is 927. The molecule has 0 spiro atoms.